The number of rotatable bonds is 8. The van der Waals surface area contributed by atoms with Crippen molar-refractivity contribution in [1.82, 2.24) is 0 Å². The Bertz CT molecular complexity index is 852. The van der Waals surface area contributed by atoms with E-state index in [1.54, 1.807) is 0 Å². The summed E-state index contributed by atoms with van der Waals surface area (Å²) in [6.07, 6.45) is 5.05. The lowest BCUT2D eigenvalue weighted by Crippen LogP contribution is -2.32. The summed E-state index contributed by atoms with van der Waals surface area (Å²) < 4.78 is 5.95. The van der Waals surface area contributed by atoms with Crippen LogP contribution in [0.25, 0.3) is 0 Å². The monoisotopic (exact) mass is 376 g/mol. The minimum Gasteiger partial charge on any atom is -0.507 e. The molecule has 146 valence electrons. The summed E-state index contributed by atoms with van der Waals surface area (Å²) in [6.45, 7) is 2.07. The van der Waals surface area contributed by atoms with Crippen molar-refractivity contribution in [3.05, 3.63) is 83.1 Å². The van der Waals surface area contributed by atoms with E-state index in [0.717, 1.165) is 31.2 Å². The highest BCUT2D eigenvalue weighted by Crippen LogP contribution is 2.52. The van der Waals surface area contributed by atoms with Gasteiger partial charge in [-0.25, -0.2) is 4.79 Å². The summed E-state index contributed by atoms with van der Waals surface area (Å²) >= 11 is 0. The van der Waals surface area contributed by atoms with Crippen LogP contribution in [-0.4, -0.2) is 16.7 Å². The van der Waals surface area contributed by atoms with Crippen molar-refractivity contribution in [1.29, 1.82) is 0 Å². The van der Waals surface area contributed by atoms with Gasteiger partial charge in [-0.15, -0.1) is 0 Å². The highest BCUT2D eigenvalue weighted by Gasteiger charge is 2.51. The zero-order valence-electron chi connectivity index (χ0n) is 16.4. The van der Waals surface area contributed by atoms with E-state index in [0.29, 0.717) is 24.3 Å². The zero-order valence-corrected chi connectivity index (χ0v) is 16.4. The summed E-state index contributed by atoms with van der Waals surface area (Å²) in [5, 5.41) is 11.3. The maximum atomic E-state index is 13.0. The molecule has 1 saturated carbocycles. The van der Waals surface area contributed by atoms with E-state index in [1.165, 1.54) is 5.56 Å². The number of benzene rings is 2. The van der Waals surface area contributed by atoms with Crippen molar-refractivity contribution in [3.8, 4) is 0 Å². The van der Waals surface area contributed by atoms with Crippen LogP contribution in [0.3, 0.4) is 0 Å². The van der Waals surface area contributed by atoms with Crippen molar-refractivity contribution in [2.24, 2.45) is 5.92 Å². The quantitative estimate of drug-likeness (QED) is 0.599. The number of hydrogen-bond donors (Lipinski definition) is 1. The van der Waals surface area contributed by atoms with Gasteiger partial charge in [0.25, 0.3) is 0 Å². The lowest BCUT2D eigenvalue weighted by Gasteiger charge is -2.28. The van der Waals surface area contributed by atoms with Crippen LogP contribution in [-0.2, 0) is 16.0 Å². The van der Waals surface area contributed by atoms with E-state index >= 15 is 0 Å². The van der Waals surface area contributed by atoms with Gasteiger partial charge in [0, 0.05) is 5.92 Å². The van der Waals surface area contributed by atoms with Crippen LogP contribution in [0.4, 0.5) is 0 Å². The first kappa shape index (κ1) is 18.8. The Kier molecular flexibility index (Phi) is 5.25. The van der Waals surface area contributed by atoms with Crippen molar-refractivity contribution in [2.75, 3.05) is 0 Å². The standard InChI is InChI=1S/C25H28O3/c1-2-16-25(17-15-18-9-5-3-6-10-18)23(26)22(24(27)28-25)21(20-13-14-20)19-11-7-4-8-12-19/h3-12,20-21,26H,2,13-17H2,1H3. The van der Waals surface area contributed by atoms with E-state index in [1.807, 2.05) is 36.4 Å². The fourth-order valence-corrected chi connectivity index (χ4v) is 4.52. The second kappa shape index (κ2) is 7.83. The van der Waals surface area contributed by atoms with Crippen LogP contribution in [0.15, 0.2) is 72.0 Å². The molecule has 2 aromatic rings. The lowest BCUT2D eigenvalue weighted by atomic mass is 9.82. The van der Waals surface area contributed by atoms with E-state index < -0.39 is 5.60 Å². The predicted molar refractivity (Wildman–Crippen MR) is 110 cm³/mol. The van der Waals surface area contributed by atoms with Gasteiger partial charge in [-0.05, 0) is 49.1 Å². The van der Waals surface area contributed by atoms with E-state index in [9.17, 15) is 9.90 Å². The van der Waals surface area contributed by atoms with E-state index in [4.69, 9.17) is 4.74 Å². The van der Waals surface area contributed by atoms with E-state index in [2.05, 4.69) is 31.2 Å². The maximum absolute atomic E-state index is 13.0. The summed E-state index contributed by atoms with van der Waals surface area (Å²) in [7, 11) is 0. The molecular formula is C25H28O3. The molecule has 2 aliphatic rings. The SMILES string of the molecule is CCCC1(CCc2ccccc2)OC(=O)C(C(c2ccccc2)C2CC2)=C1O. The van der Waals surface area contributed by atoms with Gasteiger partial charge >= 0.3 is 5.97 Å². The molecule has 2 atom stereocenters. The molecule has 1 aliphatic heterocycles. The molecule has 0 aromatic heterocycles. The number of cyclic esters (lactones) is 1. The van der Waals surface area contributed by atoms with Crippen LogP contribution in [0.2, 0.25) is 0 Å². The number of esters is 1. The molecule has 2 unspecified atom stereocenters. The Balaban J connectivity index is 1.68. The molecular weight excluding hydrogens is 348 g/mol. The van der Waals surface area contributed by atoms with Gasteiger partial charge in [-0.1, -0.05) is 74.0 Å². The van der Waals surface area contributed by atoms with Crippen molar-refractivity contribution < 1.29 is 14.6 Å². The molecule has 4 rings (SSSR count). The van der Waals surface area contributed by atoms with Gasteiger partial charge < -0.3 is 9.84 Å². The molecule has 0 spiro atoms. The first-order chi connectivity index (χ1) is 13.6. The van der Waals surface area contributed by atoms with Gasteiger partial charge in [0.15, 0.2) is 5.60 Å². The van der Waals surface area contributed by atoms with Crippen LogP contribution < -0.4 is 0 Å². The van der Waals surface area contributed by atoms with Crippen molar-refractivity contribution >= 4 is 5.97 Å². The number of hydrogen-bond acceptors (Lipinski definition) is 3. The number of aliphatic hydroxyl groups is 1. The molecule has 0 bridgehead atoms. The van der Waals surface area contributed by atoms with Gasteiger partial charge in [-0.2, -0.15) is 0 Å². The van der Waals surface area contributed by atoms with Crippen LogP contribution in [0.5, 0.6) is 0 Å². The average Bonchev–Trinajstić information content (AvgIpc) is 3.52. The van der Waals surface area contributed by atoms with Gasteiger partial charge in [0.1, 0.15) is 5.76 Å². The number of ether oxygens (including phenoxy) is 1. The molecule has 0 saturated heterocycles. The molecule has 0 amide bonds. The summed E-state index contributed by atoms with van der Waals surface area (Å²) in [4.78, 5) is 13.0. The van der Waals surface area contributed by atoms with Gasteiger partial charge in [0.2, 0.25) is 0 Å². The molecule has 1 aliphatic carbocycles. The number of carbonyl (C=O) groups excluding carboxylic acids is 1. The van der Waals surface area contributed by atoms with Gasteiger partial charge in [-0.3, -0.25) is 0 Å². The summed E-state index contributed by atoms with van der Waals surface area (Å²) in [6, 6.07) is 20.3. The second-order valence-corrected chi connectivity index (χ2v) is 8.11. The number of aliphatic hydroxyl groups excluding tert-OH is 1. The highest BCUT2D eigenvalue weighted by atomic mass is 16.6. The highest BCUT2D eigenvalue weighted by molar-refractivity contribution is 5.94. The smallest absolute Gasteiger partial charge is 0.339 e. The second-order valence-electron chi connectivity index (χ2n) is 8.11. The Morgan fingerprint density at radius 2 is 1.68 bits per heavy atom. The third-order valence-electron chi connectivity index (χ3n) is 6.07. The minimum absolute atomic E-state index is 0.0656. The fourth-order valence-electron chi connectivity index (χ4n) is 4.52. The molecule has 1 N–H and O–H groups in total. The zero-order chi connectivity index (χ0) is 19.6. The van der Waals surface area contributed by atoms with Crippen molar-refractivity contribution in [2.45, 2.75) is 57.0 Å². The van der Waals surface area contributed by atoms with Crippen LogP contribution >= 0.6 is 0 Å². The first-order valence-corrected chi connectivity index (χ1v) is 10.4. The molecule has 3 heteroatoms. The average molecular weight is 376 g/mol. The Labute approximate surface area is 167 Å². The largest absolute Gasteiger partial charge is 0.507 e. The topological polar surface area (TPSA) is 46.5 Å². The fraction of sp³-hybridized carbons (Fsp3) is 0.400. The maximum Gasteiger partial charge on any atom is 0.339 e. The molecule has 0 radical (unpaired) electrons. The summed E-state index contributed by atoms with van der Waals surface area (Å²) in [5.41, 5.74) is 1.89. The Morgan fingerprint density at radius 1 is 1.04 bits per heavy atom. The molecule has 28 heavy (non-hydrogen) atoms. The minimum atomic E-state index is -0.890. The Morgan fingerprint density at radius 3 is 2.29 bits per heavy atom. The lowest BCUT2D eigenvalue weighted by molar-refractivity contribution is -0.149. The summed E-state index contributed by atoms with van der Waals surface area (Å²) in [5.74, 6) is 0.193. The Hall–Kier alpha value is -2.55. The first-order valence-electron chi connectivity index (χ1n) is 10.4. The molecule has 1 heterocycles. The number of carbonyl (C=O) groups is 1. The van der Waals surface area contributed by atoms with E-state index in [-0.39, 0.29) is 17.6 Å². The molecule has 2 aromatic carbocycles. The predicted octanol–water partition coefficient (Wildman–Crippen LogP) is 5.72. The third-order valence-corrected chi connectivity index (χ3v) is 6.07. The van der Waals surface area contributed by atoms with Crippen molar-refractivity contribution in [3.63, 3.8) is 0 Å². The molecule has 1 fully saturated rings. The van der Waals surface area contributed by atoms with Gasteiger partial charge in [0.05, 0.1) is 5.57 Å². The normalized spacial score (nSPS) is 23.0. The van der Waals surface area contributed by atoms with Crippen LogP contribution in [0.1, 0.15) is 56.1 Å². The molecule has 3 nitrogen and oxygen atoms in total. The third kappa shape index (κ3) is 3.58. The number of aryl methyl sites for hydroxylation is 1. The van der Waals surface area contributed by atoms with Crippen LogP contribution in [0, 0.1) is 5.92 Å².